The summed E-state index contributed by atoms with van der Waals surface area (Å²) < 4.78 is 5.55. The number of amides is 1. The molecule has 0 aromatic heterocycles. The minimum atomic E-state index is -0.255. The molecule has 138 valence electrons. The first-order valence-corrected chi connectivity index (χ1v) is 9.34. The number of nitrogens with one attached hydrogen (secondary N) is 1. The van der Waals surface area contributed by atoms with Crippen molar-refractivity contribution in [3.63, 3.8) is 0 Å². The van der Waals surface area contributed by atoms with Gasteiger partial charge in [0, 0.05) is 13.0 Å². The fourth-order valence-corrected chi connectivity index (χ4v) is 3.39. The molecule has 0 radical (unpaired) electrons. The Kier molecular flexibility index (Phi) is 7.03. The van der Waals surface area contributed by atoms with Crippen LogP contribution >= 0.6 is 0 Å². The highest BCUT2D eigenvalue weighted by Crippen LogP contribution is 2.38. The van der Waals surface area contributed by atoms with Gasteiger partial charge in [-0.05, 0) is 42.6 Å². The third-order valence-corrected chi connectivity index (χ3v) is 5.09. The maximum Gasteiger partial charge on any atom is 0.306 e. The van der Waals surface area contributed by atoms with Gasteiger partial charge in [0.2, 0.25) is 5.91 Å². The molecule has 1 aromatic rings. The van der Waals surface area contributed by atoms with E-state index in [9.17, 15) is 9.59 Å². The van der Waals surface area contributed by atoms with E-state index in [1.165, 1.54) is 0 Å². The van der Waals surface area contributed by atoms with Crippen molar-refractivity contribution < 1.29 is 14.3 Å². The monoisotopic (exact) mass is 345 g/mol. The van der Waals surface area contributed by atoms with Crippen molar-refractivity contribution >= 4 is 11.9 Å². The van der Waals surface area contributed by atoms with Gasteiger partial charge in [-0.25, -0.2) is 0 Å². The zero-order chi connectivity index (χ0) is 18.3. The van der Waals surface area contributed by atoms with Gasteiger partial charge in [0.15, 0.2) is 0 Å². The van der Waals surface area contributed by atoms with Crippen LogP contribution in [0.2, 0.25) is 0 Å². The average Bonchev–Trinajstić information content (AvgIpc) is 2.59. The van der Waals surface area contributed by atoms with Gasteiger partial charge < -0.3 is 10.1 Å². The lowest BCUT2D eigenvalue weighted by Crippen LogP contribution is -2.30. The van der Waals surface area contributed by atoms with Crippen LogP contribution in [-0.2, 0) is 20.9 Å². The summed E-state index contributed by atoms with van der Waals surface area (Å²) in [5.41, 5.74) is 1.38. The van der Waals surface area contributed by atoms with Crippen LogP contribution in [0.25, 0.3) is 0 Å². The number of rotatable bonds is 6. The summed E-state index contributed by atoms with van der Waals surface area (Å²) in [6, 6.07) is 9.74. The fourth-order valence-electron chi connectivity index (χ4n) is 3.39. The van der Waals surface area contributed by atoms with Crippen LogP contribution in [0.15, 0.2) is 30.3 Å². The molecule has 1 aliphatic carbocycles. The number of benzene rings is 1. The second kappa shape index (κ2) is 9.02. The van der Waals surface area contributed by atoms with E-state index >= 15 is 0 Å². The third-order valence-electron chi connectivity index (χ3n) is 5.09. The van der Waals surface area contributed by atoms with Gasteiger partial charge in [0.25, 0.3) is 0 Å². The molecule has 0 bridgehead atoms. The van der Waals surface area contributed by atoms with Gasteiger partial charge in [0.1, 0.15) is 6.10 Å². The SMILES string of the molecule is CC(C)(C)C1CCC(OC(=O)CCC(=O)NCc2ccccc2)CC1. The molecule has 0 saturated heterocycles. The molecule has 2 rings (SSSR count). The quantitative estimate of drug-likeness (QED) is 0.785. The molecule has 0 heterocycles. The normalized spacial score (nSPS) is 20.8. The molecule has 1 amide bonds. The molecule has 1 aliphatic rings. The third kappa shape index (κ3) is 6.89. The predicted octanol–water partition coefficient (Wildman–Crippen LogP) is 4.23. The lowest BCUT2D eigenvalue weighted by atomic mass is 9.72. The van der Waals surface area contributed by atoms with Gasteiger partial charge in [0.05, 0.1) is 6.42 Å². The fraction of sp³-hybridized carbons (Fsp3) is 0.619. The van der Waals surface area contributed by atoms with E-state index in [-0.39, 0.29) is 30.8 Å². The molecule has 1 fully saturated rings. The van der Waals surface area contributed by atoms with Crippen molar-refractivity contribution in [1.82, 2.24) is 5.32 Å². The van der Waals surface area contributed by atoms with E-state index < -0.39 is 0 Å². The van der Waals surface area contributed by atoms with Crippen LogP contribution < -0.4 is 5.32 Å². The Labute approximate surface area is 151 Å². The molecule has 0 spiro atoms. The first kappa shape index (κ1) is 19.5. The summed E-state index contributed by atoms with van der Waals surface area (Å²) in [7, 11) is 0. The van der Waals surface area contributed by atoms with E-state index in [1.807, 2.05) is 30.3 Å². The van der Waals surface area contributed by atoms with Gasteiger partial charge in [-0.2, -0.15) is 0 Å². The molecule has 25 heavy (non-hydrogen) atoms. The Bertz CT molecular complexity index is 554. The van der Waals surface area contributed by atoms with E-state index in [4.69, 9.17) is 4.74 Å². The van der Waals surface area contributed by atoms with Crippen LogP contribution in [0, 0.1) is 11.3 Å². The molecule has 4 heteroatoms. The van der Waals surface area contributed by atoms with Crippen molar-refractivity contribution in [2.75, 3.05) is 0 Å². The molecular weight excluding hydrogens is 314 g/mol. The van der Waals surface area contributed by atoms with Crippen LogP contribution in [0.3, 0.4) is 0 Å². The van der Waals surface area contributed by atoms with Crippen molar-refractivity contribution in [3.8, 4) is 0 Å². The number of carbonyl (C=O) groups excluding carboxylic acids is 2. The molecule has 4 nitrogen and oxygen atoms in total. The smallest absolute Gasteiger partial charge is 0.306 e. The Hall–Kier alpha value is -1.84. The lowest BCUT2D eigenvalue weighted by Gasteiger charge is -2.36. The highest BCUT2D eigenvalue weighted by Gasteiger charge is 2.31. The second-order valence-corrected chi connectivity index (χ2v) is 8.09. The van der Waals surface area contributed by atoms with E-state index in [0.717, 1.165) is 31.2 Å². The first-order chi connectivity index (χ1) is 11.8. The average molecular weight is 345 g/mol. The summed E-state index contributed by atoms with van der Waals surface area (Å²) in [4.78, 5) is 23.8. The van der Waals surface area contributed by atoms with E-state index in [2.05, 4.69) is 26.1 Å². The van der Waals surface area contributed by atoms with Crippen molar-refractivity contribution in [3.05, 3.63) is 35.9 Å². The minimum Gasteiger partial charge on any atom is -0.462 e. The summed E-state index contributed by atoms with van der Waals surface area (Å²) >= 11 is 0. The first-order valence-electron chi connectivity index (χ1n) is 9.34. The van der Waals surface area contributed by atoms with E-state index in [0.29, 0.717) is 17.9 Å². The summed E-state index contributed by atoms with van der Waals surface area (Å²) in [5, 5.41) is 2.83. The Morgan fingerprint density at radius 2 is 1.68 bits per heavy atom. The van der Waals surface area contributed by atoms with Gasteiger partial charge >= 0.3 is 5.97 Å². The standard InChI is InChI=1S/C21H31NO3/c1-21(2,3)17-9-11-18(12-10-17)25-20(24)14-13-19(23)22-15-16-7-5-4-6-8-16/h4-8,17-18H,9-15H2,1-3H3,(H,22,23). The zero-order valence-electron chi connectivity index (χ0n) is 15.7. The van der Waals surface area contributed by atoms with Gasteiger partial charge in [-0.1, -0.05) is 51.1 Å². The Morgan fingerprint density at radius 1 is 1.04 bits per heavy atom. The van der Waals surface area contributed by atoms with Crippen LogP contribution in [0.4, 0.5) is 0 Å². The van der Waals surface area contributed by atoms with Crippen LogP contribution in [0.5, 0.6) is 0 Å². The lowest BCUT2D eigenvalue weighted by molar-refractivity contribution is -0.152. The predicted molar refractivity (Wildman–Crippen MR) is 98.8 cm³/mol. The number of esters is 1. The number of hydrogen-bond donors (Lipinski definition) is 1. The second-order valence-electron chi connectivity index (χ2n) is 8.09. The largest absolute Gasteiger partial charge is 0.462 e. The summed E-state index contributed by atoms with van der Waals surface area (Å²) in [6.45, 7) is 7.32. The molecule has 0 atom stereocenters. The van der Waals surface area contributed by atoms with Gasteiger partial charge in [-0.15, -0.1) is 0 Å². The highest BCUT2D eigenvalue weighted by molar-refractivity contribution is 5.81. The minimum absolute atomic E-state index is 0.0264. The molecule has 1 saturated carbocycles. The topological polar surface area (TPSA) is 55.4 Å². The van der Waals surface area contributed by atoms with Crippen molar-refractivity contribution in [1.29, 1.82) is 0 Å². The Morgan fingerprint density at radius 3 is 2.28 bits per heavy atom. The number of ether oxygens (including phenoxy) is 1. The molecule has 0 aliphatic heterocycles. The molecule has 1 aromatic carbocycles. The summed E-state index contributed by atoms with van der Waals surface area (Å²) in [5.74, 6) is 0.331. The van der Waals surface area contributed by atoms with Crippen LogP contribution in [-0.4, -0.2) is 18.0 Å². The zero-order valence-corrected chi connectivity index (χ0v) is 15.7. The maximum absolute atomic E-state index is 12.0. The van der Waals surface area contributed by atoms with Gasteiger partial charge in [-0.3, -0.25) is 9.59 Å². The van der Waals surface area contributed by atoms with Crippen LogP contribution in [0.1, 0.15) is 64.9 Å². The molecule has 1 N–H and O–H groups in total. The molecular formula is C21H31NO3. The summed E-state index contributed by atoms with van der Waals surface area (Å²) in [6.07, 6.45) is 4.46. The van der Waals surface area contributed by atoms with E-state index in [1.54, 1.807) is 0 Å². The Balaban J connectivity index is 1.62. The highest BCUT2D eigenvalue weighted by atomic mass is 16.5. The van der Waals surface area contributed by atoms with Crippen molar-refractivity contribution in [2.45, 2.75) is 71.9 Å². The van der Waals surface area contributed by atoms with Crippen molar-refractivity contribution in [2.24, 2.45) is 11.3 Å². The number of hydrogen-bond acceptors (Lipinski definition) is 3. The maximum atomic E-state index is 12.0. The molecule has 0 unspecified atom stereocenters. The number of carbonyl (C=O) groups is 2.